The van der Waals surface area contributed by atoms with Crippen molar-refractivity contribution in [2.45, 2.75) is 6.54 Å². The summed E-state index contributed by atoms with van der Waals surface area (Å²) >= 11 is 0. The Hall–Kier alpha value is -4.55. The monoisotopic (exact) mass is 422 g/mol. The highest BCUT2D eigenvalue weighted by molar-refractivity contribution is 5.92. The van der Waals surface area contributed by atoms with E-state index in [2.05, 4.69) is 25.2 Å². The minimum Gasteiger partial charge on any atom is -0.358 e. The maximum atomic E-state index is 12.2. The van der Waals surface area contributed by atoms with E-state index >= 15 is 0 Å². The van der Waals surface area contributed by atoms with Crippen molar-refractivity contribution in [2.24, 2.45) is 12.8 Å². The molecule has 3 heterocycles. The summed E-state index contributed by atoms with van der Waals surface area (Å²) in [5.41, 5.74) is 10.1. The Morgan fingerprint density at radius 1 is 1.12 bits per heavy atom. The molecule has 0 atom stereocenters. The maximum Gasteiger partial charge on any atom is 0.305 e. The highest BCUT2D eigenvalue weighted by atomic mass is 16.1. The van der Waals surface area contributed by atoms with Crippen LogP contribution in [0.2, 0.25) is 0 Å². The van der Waals surface area contributed by atoms with Gasteiger partial charge in [0.25, 0.3) is 5.56 Å². The first kappa shape index (κ1) is 19.4. The summed E-state index contributed by atoms with van der Waals surface area (Å²) in [4.78, 5) is 15.8. The summed E-state index contributed by atoms with van der Waals surface area (Å²) in [6, 6.07) is 15.1. The summed E-state index contributed by atoms with van der Waals surface area (Å²) in [6.45, 7) is 7.85. The minimum absolute atomic E-state index is 0.197. The van der Waals surface area contributed by atoms with E-state index in [4.69, 9.17) is 12.3 Å². The lowest BCUT2D eigenvalue weighted by Crippen LogP contribution is -2.13. The molecule has 0 aliphatic rings. The summed E-state index contributed by atoms with van der Waals surface area (Å²) in [7, 11) is 1.82. The summed E-state index contributed by atoms with van der Waals surface area (Å²) in [6.07, 6.45) is 3.58. The van der Waals surface area contributed by atoms with Gasteiger partial charge in [0.2, 0.25) is 0 Å². The van der Waals surface area contributed by atoms with Crippen molar-refractivity contribution in [1.29, 1.82) is 0 Å². The van der Waals surface area contributed by atoms with Crippen molar-refractivity contribution in [3.8, 4) is 28.1 Å². The lowest BCUT2D eigenvalue weighted by atomic mass is 9.99. The number of rotatable bonds is 4. The van der Waals surface area contributed by atoms with E-state index in [9.17, 15) is 4.79 Å². The molecule has 0 amide bonds. The average Bonchev–Trinajstić information content (AvgIpc) is 3.42. The van der Waals surface area contributed by atoms with Gasteiger partial charge in [-0.3, -0.25) is 9.48 Å². The molecule has 5 rings (SSSR count). The molecule has 0 saturated heterocycles. The van der Waals surface area contributed by atoms with Crippen LogP contribution in [0.4, 0.5) is 5.82 Å². The predicted molar refractivity (Wildman–Crippen MR) is 121 cm³/mol. The average molecular weight is 422 g/mol. The third-order valence-electron chi connectivity index (χ3n) is 5.39. The molecule has 0 saturated carbocycles. The second-order valence-electron chi connectivity index (χ2n) is 7.25. The SMILES string of the molecule is [C-]#[N+]c1nn(-c2ccccc2)cc1-c1c(-c2ccc3c(=O)[nH]nc(CN)c3c2)cnn1C. The quantitative estimate of drug-likeness (QED) is 0.432. The van der Waals surface area contributed by atoms with E-state index < -0.39 is 0 Å². The van der Waals surface area contributed by atoms with Crippen molar-refractivity contribution >= 4 is 16.6 Å². The predicted octanol–water partition coefficient (Wildman–Crippen LogP) is 3.19. The summed E-state index contributed by atoms with van der Waals surface area (Å²) in [5, 5.41) is 16.7. The van der Waals surface area contributed by atoms with Crippen LogP contribution in [-0.4, -0.2) is 29.8 Å². The number of nitrogens with two attached hydrogens (primary N) is 1. The van der Waals surface area contributed by atoms with Crippen LogP contribution < -0.4 is 11.3 Å². The van der Waals surface area contributed by atoms with E-state index in [1.54, 1.807) is 21.6 Å². The van der Waals surface area contributed by atoms with E-state index in [0.717, 1.165) is 22.5 Å². The van der Waals surface area contributed by atoms with Crippen molar-refractivity contribution < 1.29 is 0 Å². The van der Waals surface area contributed by atoms with Gasteiger partial charge in [0.15, 0.2) is 0 Å². The van der Waals surface area contributed by atoms with Crippen LogP contribution in [0.1, 0.15) is 5.69 Å². The van der Waals surface area contributed by atoms with Crippen LogP contribution in [0.25, 0.3) is 43.7 Å². The minimum atomic E-state index is -0.269. The van der Waals surface area contributed by atoms with Gasteiger partial charge in [-0.25, -0.2) is 5.10 Å². The van der Waals surface area contributed by atoms with Gasteiger partial charge >= 0.3 is 5.82 Å². The molecule has 0 spiro atoms. The first-order valence-electron chi connectivity index (χ1n) is 9.87. The molecule has 0 fully saturated rings. The van der Waals surface area contributed by atoms with Crippen molar-refractivity contribution in [2.75, 3.05) is 0 Å². The topological polar surface area (TPSA) is 112 Å². The molecule has 0 aliphatic carbocycles. The number of hydrogen-bond acceptors (Lipinski definition) is 5. The van der Waals surface area contributed by atoms with Gasteiger partial charge < -0.3 is 10.6 Å². The van der Waals surface area contributed by atoms with Crippen molar-refractivity contribution in [3.63, 3.8) is 0 Å². The van der Waals surface area contributed by atoms with Gasteiger partial charge in [-0.05, 0) is 34.9 Å². The molecule has 9 heteroatoms. The second-order valence-corrected chi connectivity index (χ2v) is 7.25. The molecule has 9 nitrogen and oxygen atoms in total. The number of benzene rings is 2. The fourth-order valence-corrected chi connectivity index (χ4v) is 3.84. The Morgan fingerprint density at radius 3 is 2.69 bits per heavy atom. The van der Waals surface area contributed by atoms with Crippen molar-refractivity contribution in [1.82, 2.24) is 29.8 Å². The molecule has 32 heavy (non-hydrogen) atoms. The normalized spacial score (nSPS) is 11.0. The largest absolute Gasteiger partial charge is 0.358 e. The number of aromatic nitrogens is 6. The fourth-order valence-electron chi connectivity index (χ4n) is 3.84. The Balaban J connectivity index is 1.71. The molecule has 5 aromatic rings. The Kier molecular flexibility index (Phi) is 4.62. The van der Waals surface area contributed by atoms with Crippen LogP contribution in [0.15, 0.2) is 65.7 Å². The Morgan fingerprint density at radius 2 is 1.94 bits per heavy atom. The molecule has 0 aliphatic heterocycles. The van der Waals surface area contributed by atoms with E-state index in [1.165, 1.54) is 0 Å². The number of fused-ring (bicyclic) bond motifs is 1. The molecule has 0 bridgehead atoms. The van der Waals surface area contributed by atoms with Gasteiger partial charge in [0, 0.05) is 30.1 Å². The summed E-state index contributed by atoms with van der Waals surface area (Å²) < 4.78 is 3.41. The number of H-pyrrole nitrogens is 1. The first-order chi connectivity index (χ1) is 15.6. The molecule has 3 aromatic heterocycles. The number of hydrogen-bond donors (Lipinski definition) is 2. The highest BCUT2D eigenvalue weighted by Crippen LogP contribution is 2.38. The Bertz CT molecular complexity index is 1550. The maximum absolute atomic E-state index is 12.2. The molecule has 3 N–H and O–H groups in total. The number of nitrogens with one attached hydrogen (secondary N) is 1. The summed E-state index contributed by atoms with van der Waals surface area (Å²) in [5.74, 6) is 0.278. The van der Waals surface area contributed by atoms with Crippen LogP contribution >= 0.6 is 0 Å². The zero-order chi connectivity index (χ0) is 22.2. The molecule has 0 radical (unpaired) electrons. The standard InChI is InChI=1S/C23H18N8O/c1-25-22-19(13-31(29-22)15-6-4-3-5-7-15)21-18(12-26-30(21)2)14-8-9-16-17(10-14)20(11-24)27-28-23(16)32/h3-10,12-13H,11,24H2,2H3,(H,28,32). The number of aryl methyl sites for hydroxylation is 1. The molecular weight excluding hydrogens is 404 g/mol. The van der Waals surface area contributed by atoms with Crippen LogP contribution in [0, 0.1) is 6.57 Å². The fraction of sp³-hybridized carbons (Fsp3) is 0.0870. The number of aromatic amines is 1. The van der Waals surface area contributed by atoms with Gasteiger partial charge in [-0.1, -0.05) is 30.8 Å². The van der Waals surface area contributed by atoms with E-state index in [1.807, 2.05) is 55.7 Å². The molecule has 156 valence electrons. The van der Waals surface area contributed by atoms with Gasteiger partial charge in [-0.15, -0.1) is 0 Å². The lowest BCUT2D eigenvalue weighted by molar-refractivity contribution is 0.776. The molecular formula is C23H18N8O. The Labute approximate surface area is 182 Å². The number of para-hydroxylation sites is 1. The van der Waals surface area contributed by atoms with Gasteiger partial charge in [0.05, 0.1) is 34.9 Å². The van der Waals surface area contributed by atoms with E-state index in [-0.39, 0.29) is 17.9 Å². The zero-order valence-electron chi connectivity index (χ0n) is 17.1. The molecule has 0 unspecified atom stereocenters. The van der Waals surface area contributed by atoms with E-state index in [0.29, 0.717) is 22.0 Å². The first-order valence-corrected chi connectivity index (χ1v) is 9.87. The lowest BCUT2D eigenvalue weighted by Gasteiger charge is -2.08. The third kappa shape index (κ3) is 3.07. The van der Waals surface area contributed by atoms with Crippen LogP contribution in [0.3, 0.4) is 0 Å². The van der Waals surface area contributed by atoms with Crippen LogP contribution in [0.5, 0.6) is 0 Å². The highest BCUT2D eigenvalue weighted by Gasteiger charge is 2.21. The second kappa shape index (κ2) is 7.61. The third-order valence-corrected chi connectivity index (χ3v) is 5.39. The van der Waals surface area contributed by atoms with Crippen molar-refractivity contribution in [3.05, 3.63) is 88.4 Å². The smallest absolute Gasteiger partial charge is 0.305 e. The van der Waals surface area contributed by atoms with Gasteiger partial charge in [0.1, 0.15) is 0 Å². The van der Waals surface area contributed by atoms with Gasteiger partial charge in [-0.2, -0.15) is 14.9 Å². The number of nitrogens with zero attached hydrogens (tertiary/aromatic N) is 6. The zero-order valence-corrected chi connectivity index (χ0v) is 17.1. The van der Waals surface area contributed by atoms with Crippen LogP contribution in [-0.2, 0) is 13.6 Å². The molecule has 2 aromatic carbocycles.